The predicted octanol–water partition coefficient (Wildman–Crippen LogP) is 3.69. The molecule has 0 radical (unpaired) electrons. The van der Waals surface area contributed by atoms with Crippen molar-refractivity contribution < 1.29 is 5.11 Å². The Bertz CT molecular complexity index is 499. The Balaban J connectivity index is 2.44. The van der Waals surface area contributed by atoms with E-state index in [-0.39, 0.29) is 6.04 Å². The number of aliphatic hydroxyl groups is 1. The molecule has 0 fully saturated rings. The largest absolute Gasteiger partial charge is 0.379 e. The van der Waals surface area contributed by atoms with Gasteiger partial charge in [0.15, 0.2) is 0 Å². The molecule has 112 valence electrons. The van der Waals surface area contributed by atoms with Gasteiger partial charge in [-0.25, -0.2) is 0 Å². The first-order valence-corrected chi connectivity index (χ1v) is 7.68. The molecule has 0 aliphatic rings. The van der Waals surface area contributed by atoms with E-state index in [0.717, 1.165) is 24.0 Å². The quantitative estimate of drug-likeness (QED) is 0.849. The number of nitrogens with two attached hydrogens (primary N) is 1. The van der Waals surface area contributed by atoms with Crippen LogP contribution in [0.1, 0.15) is 37.8 Å². The maximum atomic E-state index is 11.4. The van der Waals surface area contributed by atoms with Gasteiger partial charge in [-0.3, -0.25) is 0 Å². The summed E-state index contributed by atoms with van der Waals surface area (Å²) < 4.78 is 0. The third kappa shape index (κ3) is 3.34. The SMILES string of the molecule is CCC(C)CC(N)C(O)(c1ccccc1)c1ccccc1. The molecule has 2 aromatic carbocycles. The molecule has 2 aromatic rings. The molecule has 21 heavy (non-hydrogen) atoms. The molecule has 0 heterocycles. The Morgan fingerprint density at radius 2 is 1.38 bits per heavy atom. The van der Waals surface area contributed by atoms with Crippen molar-refractivity contribution in [2.24, 2.45) is 11.7 Å². The second kappa shape index (κ2) is 6.88. The zero-order chi connectivity index (χ0) is 15.3. The molecule has 0 saturated heterocycles. The fraction of sp³-hybridized carbons (Fsp3) is 0.368. The van der Waals surface area contributed by atoms with Crippen LogP contribution in [0.4, 0.5) is 0 Å². The first kappa shape index (κ1) is 15.7. The van der Waals surface area contributed by atoms with Crippen molar-refractivity contribution in [1.29, 1.82) is 0 Å². The van der Waals surface area contributed by atoms with Crippen LogP contribution in [-0.2, 0) is 5.60 Å². The van der Waals surface area contributed by atoms with Gasteiger partial charge in [0.05, 0.1) is 0 Å². The first-order valence-electron chi connectivity index (χ1n) is 7.68. The van der Waals surface area contributed by atoms with Gasteiger partial charge in [-0.2, -0.15) is 0 Å². The Morgan fingerprint density at radius 3 is 1.76 bits per heavy atom. The topological polar surface area (TPSA) is 46.2 Å². The summed E-state index contributed by atoms with van der Waals surface area (Å²) in [6.07, 6.45) is 1.85. The smallest absolute Gasteiger partial charge is 0.130 e. The fourth-order valence-electron chi connectivity index (χ4n) is 2.75. The lowest BCUT2D eigenvalue weighted by Crippen LogP contribution is -2.47. The van der Waals surface area contributed by atoms with Gasteiger partial charge < -0.3 is 10.8 Å². The van der Waals surface area contributed by atoms with Gasteiger partial charge in [0.1, 0.15) is 5.60 Å². The highest BCUT2D eigenvalue weighted by molar-refractivity contribution is 5.37. The standard InChI is InChI=1S/C19H25NO/c1-3-15(2)14-18(20)19(21,16-10-6-4-7-11-16)17-12-8-5-9-13-17/h4-13,15,18,21H,3,14,20H2,1-2H3. The summed E-state index contributed by atoms with van der Waals surface area (Å²) in [7, 11) is 0. The molecule has 2 unspecified atom stereocenters. The molecule has 0 bridgehead atoms. The molecular weight excluding hydrogens is 258 g/mol. The van der Waals surface area contributed by atoms with Crippen LogP contribution < -0.4 is 5.73 Å². The number of rotatable bonds is 6. The van der Waals surface area contributed by atoms with Gasteiger partial charge in [-0.05, 0) is 23.5 Å². The Morgan fingerprint density at radius 1 is 0.952 bits per heavy atom. The van der Waals surface area contributed by atoms with E-state index in [4.69, 9.17) is 5.73 Å². The van der Waals surface area contributed by atoms with Crippen molar-refractivity contribution >= 4 is 0 Å². The minimum atomic E-state index is -1.15. The monoisotopic (exact) mass is 283 g/mol. The van der Waals surface area contributed by atoms with Gasteiger partial charge in [-0.1, -0.05) is 80.9 Å². The van der Waals surface area contributed by atoms with Crippen molar-refractivity contribution in [3.8, 4) is 0 Å². The lowest BCUT2D eigenvalue weighted by Gasteiger charge is -2.36. The van der Waals surface area contributed by atoms with Crippen LogP contribution in [0.25, 0.3) is 0 Å². The first-order chi connectivity index (χ1) is 10.1. The maximum absolute atomic E-state index is 11.4. The van der Waals surface area contributed by atoms with Crippen molar-refractivity contribution in [2.45, 2.75) is 38.3 Å². The zero-order valence-electron chi connectivity index (χ0n) is 12.9. The molecular formula is C19H25NO. The highest BCUT2D eigenvalue weighted by Crippen LogP contribution is 2.34. The van der Waals surface area contributed by atoms with E-state index in [0.29, 0.717) is 5.92 Å². The molecule has 0 aromatic heterocycles. The predicted molar refractivity (Wildman–Crippen MR) is 87.9 cm³/mol. The van der Waals surface area contributed by atoms with E-state index < -0.39 is 5.60 Å². The van der Waals surface area contributed by atoms with Gasteiger partial charge >= 0.3 is 0 Å². The average molecular weight is 283 g/mol. The lowest BCUT2D eigenvalue weighted by molar-refractivity contribution is 0.0432. The molecule has 2 nitrogen and oxygen atoms in total. The van der Waals surface area contributed by atoms with E-state index in [1.165, 1.54) is 0 Å². The summed E-state index contributed by atoms with van der Waals surface area (Å²) in [4.78, 5) is 0. The van der Waals surface area contributed by atoms with E-state index in [2.05, 4.69) is 13.8 Å². The Hall–Kier alpha value is -1.64. The Kier molecular flexibility index (Phi) is 5.16. The molecule has 0 aliphatic carbocycles. The summed E-state index contributed by atoms with van der Waals surface area (Å²) >= 11 is 0. The molecule has 3 N–H and O–H groups in total. The van der Waals surface area contributed by atoms with Crippen LogP contribution in [0, 0.1) is 5.92 Å². The molecule has 0 saturated carbocycles. The summed E-state index contributed by atoms with van der Waals surface area (Å²) in [6, 6.07) is 19.1. The van der Waals surface area contributed by atoms with Gasteiger partial charge in [0.25, 0.3) is 0 Å². The number of hydrogen-bond donors (Lipinski definition) is 2. The summed E-state index contributed by atoms with van der Waals surface area (Å²) in [5.74, 6) is 0.485. The molecule has 2 heteroatoms. The highest BCUT2D eigenvalue weighted by Gasteiger charge is 2.38. The highest BCUT2D eigenvalue weighted by atomic mass is 16.3. The average Bonchev–Trinajstić information content (AvgIpc) is 2.55. The van der Waals surface area contributed by atoms with E-state index in [9.17, 15) is 5.11 Å². The van der Waals surface area contributed by atoms with E-state index >= 15 is 0 Å². The van der Waals surface area contributed by atoms with Crippen molar-refractivity contribution in [1.82, 2.24) is 0 Å². The lowest BCUT2D eigenvalue weighted by atomic mass is 9.77. The van der Waals surface area contributed by atoms with Gasteiger partial charge in [0.2, 0.25) is 0 Å². The second-order valence-electron chi connectivity index (χ2n) is 5.85. The minimum absolute atomic E-state index is 0.336. The third-order valence-corrected chi connectivity index (χ3v) is 4.32. The maximum Gasteiger partial charge on any atom is 0.130 e. The fourth-order valence-corrected chi connectivity index (χ4v) is 2.75. The van der Waals surface area contributed by atoms with E-state index in [1.807, 2.05) is 60.7 Å². The van der Waals surface area contributed by atoms with Crippen LogP contribution in [0.15, 0.2) is 60.7 Å². The molecule has 2 rings (SSSR count). The van der Waals surface area contributed by atoms with Crippen LogP contribution in [0.3, 0.4) is 0 Å². The van der Waals surface area contributed by atoms with Gasteiger partial charge in [0, 0.05) is 6.04 Å². The molecule has 0 amide bonds. The summed E-state index contributed by atoms with van der Waals surface area (Å²) in [5.41, 5.74) is 7.00. The van der Waals surface area contributed by atoms with Crippen LogP contribution in [0.5, 0.6) is 0 Å². The molecule has 2 atom stereocenters. The van der Waals surface area contributed by atoms with Crippen LogP contribution >= 0.6 is 0 Å². The van der Waals surface area contributed by atoms with Crippen molar-refractivity contribution in [3.05, 3.63) is 71.8 Å². The van der Waals surface area contributed by atoms with Gasteiger partial charge in [-0.15, -0.1) is 0 Å². The second-order valence-corrected chi connectivity index (χ2v) is 5.85. The van der Waals surface area contributed by atoms with Crippen molar-refractivity contribution in [2.75, 3.05) is 0 Å². The summed E-state index contributed by atoms with van der Waals surface area (Å²) in [5, 5.41) is 11.4. The Labute approximate surface area is 127 Å². The van der Waals surface area contributed by atoms with E-state index in [1.54, 1.807) is 0 Å². The number of benzene rings is 2. The molecule has 0 spiro atoms. The third-order valence-electron chi connectivity index (χ3n) is 4.32. The molecule has 0 aliphatic heterocycles. The normalized spacial score (nSPS) is 14.7. The van der Waals surface area contributed by atoms with Crippen LogP contribution in [0.2, 0.25) is 0 Å². The number of hydrogen-bond acceptors (Lipinski definition) is 2. The van der Waals surface area contributed by atoms with Crippen LogP contribution in [-0.4, -0.2) is 11.1 Å². The van der Waals surface area contributed by atoms with Crippen molar-refractivity contribution in [3.63, 3.8) is 0 Å². The minimum Gasteiger partial charge on any atom is -0.379 e. The zero-order valence-corrected chi connectivity index (χ0v) is 12.9. The summed E-state index contributed by atoms with van der Waals surface area (Å²) in [6.45, 7) is 4.33.